The highest BCUT2D eigenvalue weighted by molar-refractivity contribution is 6.01. The third-order valence-electron chi connectivity index (χ3n) is 6.67. The first-order valence-corrected chi connectivity index (χ1v) is 11.5. The molecule has 2 aliphatic rings. The smallest absolute Gasteiger partial charge is 0.234 e. The molecule has 3 aromatic heterocycles. The number of carbonyl (C=O) groups excluding carboxylic acids is 1. The summed E-state index contributed by atoms with van der Waals surface area (Å²) >= 11 is 0. The van der Waals surface area contributed by atoms with Crippen LogP contribution in [0.5, 0.6) is 5.75 Å². The predicted molar refractivity (Wildman–Crippen MR) is 126 cm³/mol. The fourth-order valence-corrected chi connectivity index (χ4v) is 4.74. The largest absolute Gasteiger partial charge is 0.490 e. The van der Waals surface area contributed by atoms with Crippen molar-refractivity contribution in [2.45, 2.75) is 13.3 Å². The Hall–Kier alpha value is -3.92. The van der Waals surface area contributed by atoms with Crippen molar-refractivity contribution in [3.8, 4) is 28.3 Å². The maximum atomic E-state index is 13.5. The van der Waals surface area contributed by atoms with Crippen molar-refractivity contribution in [3.63, 3.8) is 0 Å². The highest BCUT2D eigenvalue weighted by atomic mass is 19.1. The number of ether oxygens (including phenoxy) is 2. The Morgan fingerprint density at radius 3 is 2.83 bits per heavy atom. The number of hydrogen-bond acceptors (Lipinski definition) is 7. The second kappa shape index (κ2) is 8.09. The highest BCUT2D eigenvalue weighted by Gasteiger charge is 2.63. The molecule has 1 saturated carbocycles. The molecule has 6 rings (SSSR count). The zero-order valence-electron chi connectivity index (χ0n) is 19.3. The second-order valence-electron chi connectivity index (χ2n) is 8.96. The number of nitrogens with one attached hydrogen (secondary N) is 1. The Morgan fingerprint density at radius 2 is 2.11 bits per heavy atom. The first-order chi connectivity index (χ1) is 17.0. The van der Waals surface area contributed by atoms with Gasteiger partial charge in [0.05, 0.1) is 30.8 Å². The minimum absolute atomic E-state index is 0.111. The molecule has 1 aliphatic carbocycles. The number of hydrogen-bond donors (Lipinski definition) is 1. The molecule has 2 fully saturated rings. The summed E-state index contributed by atoms with van der Waals surface area (Å²) in [6.45, 7) is 3.31. The number of fused-ring (bicyclic) bond motifs is 2. The Kier molecular flexibility index (Phi) is 4.99. The zero-order valence-corrected chi connectivity index (χ0v) is 19.3. The van der Waals surface area contributed by atoms with Crippen LogP contribution in [-0.4, -0.2) is 50.5 Å². The normalized spacial score (nSPS) is 20.6. The fourth-order valence-electron chi connectivity index (χ4n) is 4.74. The van der Waals surface area contributed by atoms with E-state index < -0.39 is 5.41 Å². The summed E-state index contributed by atoms with van der Waals surface area (Å²) < 4.78 is 26.5. The van der Waals surface area contributed by atoms with Gasteiger partial charge in [-0.25, -0.2) is 19.3 Å². The van der Waals surface area contributed by atoms with Crippen LogP contribution in [0.4, 0.5) is 10.2 Å². The third-order valence-corrected chi connectivity index (χ3v) is 6.67. The molecular formula is C25H23FN6O3. The van der Waals surface area contributed by atoms with E-state index in [0.717, 1.165) is 12.0 Å². The number of anilines is 1. The van der Waals surface area contributed by atoms with Crippen LogP contribution >= 0.6 is 0 Å². The molecule has 10 heteroatoms. The number of halogens is 1. The topological polar surface area (TPSA) is 104 Å². The van der Waals surface area contributed by atoms with Crippen LogP contribution in [0.1, 0.15) is 13.3 Å². The molecule has 35 heavy (non-hydrogen) atoms. The molecule has 0 bridgehead atoms. The Bertz CT molecular complexity index is 1450. The quantitative estimate of drug-likeness (QED) is 0.455. The summed E-state index contributed by atoms with van der Waals surface area (Å²) in [5.41, 5.74) is 3.23. The lowest BCUT2D eigenvalue weighted by molar-refractivity contribution is -0.121. The van der Waals surface area contributed by atoms with E-state index in [4.69, 9.17) is 14.5 Å². The number of carbonyl (C=O) groups is 1. The third kappa shape index (κ3) is 3.61. The lowest BCUT2D eigenvalue weighted by Crippen LogP contribution is -2.27. The van der Waals surface area contributed by atoms with Crippen molar-refractivity contribution in [1.82, 2.24) is 24.7 Å². The number of aromatic nitrogens is 5. The van der Waals surface area contributed by atoms with Crippen molar-refractivity contribution in [2.24, 2.45) is 18.4 Å². The summed E-state index contributed by atoms with van der Waals surface area (Å²) in [7, 11) is 1.81. The van der Waals surface area contributed by atoms with E-state index in [-0.39, 0.29) is 17.6 Å². The standard InChI is InChI=1S/C25H23FN6O3/c1-3-35-19-8-18-22(29-23(19)30-24(33)25-9-15(25)11-34-12-25)21(28-13-27-18)17-10-32(2)31-20(17)14-4-6-16(26)7-5-14/h4-8,10,13,15H,3,9,11-12H2,1-2H3,(H,29,30,33)/t15-,25-/m1/s1. The van der Waals surface area contributed by atoms with E-state index in [0.29, 0.717) is 59.4 Å². The summed E-state index contributed by atoms with van der Waals surface area (Å²) in [6, 6.07) is 7.89. The highest BCUT2D eigenvalue weighted by Crippen LogP contribution is 2.57. The minimum Gasteiger partial charge on any atom is -0.490 e. The van der Waals surface area contributed by atoms with Gasteiger partial charge in [-0.1, -0.05) is 0 Å². The van der Waals surface area contributed by atoms with Crippen molar-refractivity contribution in [1.29, 1.82) is 0 Å². The molecule has 4 aromatic rings. The lowest BCUT2D eigenvalue weighted by atomic mass is 10.0. The van der Waals surface area contributed by atoms with Gasteiger partial charge >= 0.3 is 0 Å². The van der Waals surface area contributed by atoms with Gasteiger partial charge in [-0.05, 0) is 37.6 Å². The zero-order chi connectivity index (χ0) is 24.2. The monoisotopic (exact) mass is 474 g/mol. The Labute approximate surface area is 200 Å². The first kappa shape index (κ1) is 21.6. The molecule has 1 N–H and O–H groups in total. The summed E-state index contributed by atoms with van der Waals surface area (Å²) in [6.07, 6.45) is 4.11. The molecule has 1 saturated heterocycles. The van der Waals surface area contributed by atoms with Crippen LogP contribution in [0.2, 0.25) is 0 Å². The van der Waals surface area contributed by atoms with Gasteiger partial charge in [0, 0.05) is 36.4 Å². The molecule has 0 unspecified atom stereocenters. The second-order valence-corrected chi connectivity index (χ2v) is 8.96. The number of benzene rings is 1. The maximum absolute atomic E-state index is 13.5. The number of rotatable bonds is 6. The van der Waals surface area contributed by atoms with Crippen molar-refractivity contribution >= 4 is 22.8 Å². The molecule has 178 valence electrons. The molecule has 2 atom stereocenters. The number of aryl methyl sites for hydroxylation is 1. The van der Waals surface area contributed by atoms with Crippen molar-refractivity contribution in [2.75, 3.05) is 25.1 Å². The molecule has 1 aliphatic heterocycles. The molecule has 9 nitrogen and oxygen atoms in total. The summed E-state index contributed by atoms with van der Waals surface area (Å²) in [5.74, 6) is 0.579. The van der Waals surface area contributed by atoms with Crippen LogP contribution in [0, 0.1) is 17.2 Å². The van der Waals surface area contributed by atoms with Crippen LogP contribution in [-0.2, 0) is 16.6 Å². The van der Waals surface area contributed by atoms with E-state index >= 15 is 0 Å². The molecular weight excluding hydrogens is 451 g/mol. The lowest BCUT2D eigenvalue weighted by Gasteiger charge is -2.15. The fraction of sp³-hybridized carbons (Fsp3) is 0.320. The average Bonchev–Trinajstić information content (AvgIpc) is 3.19. The van der Waals surface area contributed by atoms with Gasteiger partial charge in [0.25, 0.3) is 0 Å². The van der Waals surface area contributed by atoms with Gasteiger partial charge in [-0.15, -0.1) is 0 Å². The molecule has 1 aromatic carbocycles. The van der Waals surface area contributed by atoms with E-state index in [1.807, 2.05) is 13.1 Å². The van der Waals surface area contributed by atoms with E-state index in [2.05, 4.69) is 20.4 Å². The number of pyridine rings is 1. The van der Waals surface area contributed by atoms with Gasteiger partial charge in [-0.2, -0.15) is 5.10 Å². The Morgan fingerprint density at radius 1 is 1.29 bits per heavy atom. The van der Waals surface area contributed by atoms with E-state index in [1.54, 1.807) is 29.9 Å². The van der Waals surface area contributed by atoms with E-state index in [1.165, 1.54) is 18.5 Å². The van der Waals surface area contributed by atoms with Gasteiger partial charge in [0.15, 0.2) is 11.6 Å². The van der Waals surface area contributed by atoms with Crippen LogP contribution in [0.15, 0.2) is 42.9 Å². The first-order valence-electron chi connectivity index (χ1n) is 11.5. The number of nitrogens with zero attached hydrogens (tertiary/aromatic N) is 5. The molecule has 4 heterocycles. The van der Waals surface area contributed by atoms with Crippen LogP contribution < -0.4 is 10.1 Å². The summed E-state index contributed by atoms with van der Waals surface area (Å²) in [4.78, 5) is 26.8. The Balaban J connectivity index is 1.47. The van der Waals surface area contributed by atoms with Crippen LogP contribution in [0.25, 0.3) is 33.5 Å². The van der Waals surface area contributed by atoms with Gasteiger partial charge < -0.3 is 14.8 Å². The average molecular weight is 474 g/mol. The van der Waals surface area contributed by atoms with Crippen LogP contribution in [0.3, 0.4) is 0 Å². The van der Waals surface area contributed by atoms with Gasteiger partial charge in [0.2, 0.25) is 5.91 Å². The predicted octanol–water partition coefficient (Wildman–Crippen LogP) is 3.61. The van der Waals surface area contributed by atoms with E-state index in [9.17, 15) is 9.18 Å². The maximum Gasteiger partial charge on any atom is 0.234 e. The van der Waals surface area contributed by atoms with Gasteiger partial charge in [-0.3, -0.25) is 9.48 Å². The van der Waals surface area contributed by atoms with Crippen molar-refractivity contribution < 1.29 is 18.7 Å². The molecule has 0 radical (unpaired) electrons. The molecule has 0 spiro atoms. The minimum atomic E-state index is -0.477. The number of amides is 1. The summed E-state index contributed by atoms with van der Waals surface area (Å²) in [5, 5.41) is 7.55. The SMILES string of the molecule is CCOc1cc2ncnc(-c3cn(C)nc3-c3ccc(F)cc3)c2nc1NC(=O)[C@]12COC[C@H]1C2. The van der Waals surface area contributed by atoms with Gasteiger partial charge in [0.1, 0.15) is 29.0 Å². The molecule has 1 amide bonds. The van der Waals surface area contributed by atoms with Crippen molar-refractivity contribution in [3.05, 3.63) is 48.7 Å².